The van der Waals surface area contributed by atoms with E-state index in [2.05, 4.69) is 214 Å². The van der Waals surface area contributed by atoms with Crippen molar-refractivity contribution in [2.24, 2.45) is 22.7 Å². The van der Waals surface area contributed by atoms with Gasteiger partial charge in [0.2, 0.25) is 0 Å². The highest BCUT2D eigenvalue weighted by Crippen LogP contribution is 2.55. The van der Waals surface area contributed by atoms with Crippen LogP contribution in [0.25, 0.3) is 44.4 Å². The second-order valence-electron chi connectivity index (χ2n) is 17.8. The molecule has 6 aliphatic rings. The number of hydrogen-bond donors (Lipinski definition) is 2. The second-order valence-corrected chi connectivity index (χ2v) is 17.8. The fourth-order valence-corrected chi connectivity index (χ4v) is 11.9. The molecular weight excluding hydrogens is 755 g/mol. The Balaban J connectivity index is 0.946. The summed E-state index contributed by atoms with van der Waals surface area (Å²) in [4.78, 5) is 8.31. The fourth-order valence-electron chi connectivity index (χ4n) is 11.9. The highest BCUT2D eigenvalue weighted by atomic mass is 15.3. The molecule has 0 amide bonds. The number of para-hydroxylation sites is 1. The van der Waals surface area contributed by atoms with Crippen LogP contribution in [-0.2, 0) is 6.42 Å². The minimum atomic E-state index is -0.184. The maximum Gasteiger partial charge on any atom is 0.132 e. The van der Waals surface area contributed by atoms with Crippen LogP contribution in [0.5, 0.6) is 0 Å². The largest absolute Gasteiger partial charge is 0.363 e. The van der Waals surface area contributed by atoms with Crippen LogP contribution in [0.15, 0.2) is 210 Å². The van der Waals surface area contributed by atoms with Gasteiger partial charge < -0.3 is 14.8 Å². The topological polar surface area (TPSA) is 44.6 Å². The van der Waals surface area contributed by atoms with Crippen molar-refractivity contribution in [3.63, 3.8) is 0 Å². The summed E-state index contributed by atoms with van der Waals surface area (Å²) in [6.45, 7) is 0. The van der Waals surface area contributed by atoms with E-state index in [4.69, 9.17) is 4.99 Å². The molecule has 6 aromatic carbocycles. The van der Waals surface area contributed by atoms with Crippen molar-refractivity contribution in [2.45, 2.75) is 43.7 Å². The Morgan fingerprint density at radius 3 is 2.31 bits per heavy atom. The van der Waals surface area contributed by atoms with Crippen LogP contribution < -0.4 is 10.6 Å². The van der Waals surface area contributed by atoms with Gasteiger partial charge in [0.05, 0.1) is 17.1 Å². The van der Waals surface area contributed by atoms with Crippen molar-refractivity contribution in [1.82, 2.24) is 20.1 Å². The molecule has 5 heteroatoms. The van der Waals surface area contributed by atoms with Gasteiger partial charge in [0, 0.05) is 56.9 Å². The summed E-state index contributed by atoms with van der Waals surface area (Å²) in [6, 6.07) is 53.6. The molecule has 4 aliphatic carbocycles. The summed E-state index contributed by atoms with van der Waals surface area (Å²) in [5.74, 6) is 1.77. The summed E-state index contributed by atoms with van der Waals surface area (Å²) >= 11 is 0. The molecule has 5 nitrogen and oxygen atoms in total. The molecule has 1 saturated heterocycles. The van der Waals surface area contributed by atoms with Crippen LogP contribution in [-0.4, -0.2) is 27.4 Å². The van der Waals surface area contributed by atoms with Crippen LogP contribution in [0.3, 0.4) is 0 Å². The number of likely N-dealkylation sites (tertiary alicyclic amines) is 1. The predicted octanol–water partition coefficient (Wildman–Crippen LogP) is 12.1. The summed E-state index contributed by atoms with van der Waals surface area (Å²) in [5.41, 5.74) is 13.2. The number of hydrogen-bond acceptors (Lipinski definition) is 4. The molecule has 2 aliphatic heterocycles. The van der Waals surface area contributed by atoms with Crippen LogP contribution in [0.2, 0.25) is 0 Å². The molecule has 0 bridgehead atoms. The SMILES string of the molecule is C1=CC2=C(C3=NC(c4ccccc4)NC(c4ccccc4)N3)C=CC(N3C4=Cc5ccccc5CC4C4C(n5c6ccccc6c6ccc7ccccc7c65)=CCCC43)C2C=C1. The van der Waals surface area contributed by atoms with Crippen molar-refractivity contribution in [1.29, 1.82) is 0 Å². The van der Waals surface area contributed by atoms with Crippen molar-refractivity contribution >= 4 is 50.2 Å². The van der Waals surface area contributed by atoms with Gasteiger partial charge in [0.1, 0.15) is 18.2 Å². The molecule has 0 radical (unpaired) electrons. The minimum Gasteiger partial charge on any atom is -0.363 e. The molecule has 2 N–H and O–H groups in total. The number of allylic oxidation sites excluding steroid dienone is 5. The Bertz CT molecular complexity index is 3160. The summed E-state index contributed by atoms with van der Waals surface area (Å²) in [6.07, 6.45) is 22.3. The molecule has 7 aromatic rings. The molecule has 1 aromatic heterocycles. The molecule has 13 rings (SSSR count). The van der Waals surface area contributed by atoms with E-state index in [1.807, 2.05) is 0 Å². The zero-order valence-corrected chi connectivity index (χ0v) is 34.5. The van der Waals surface area contributed by atoms with Crippen molar-refractivity contribution in [2.75, 3.05) is 0 Å². The number of benzene rings is 6. The van der Waals surface area contributed by atoms with Crippen LogP contribution in [0, 0.1) is 17.8 Å². The number of amidine groups is 1. The summed E-state index contributed by atoms with van der Waals surface area (Å²) in [7, 11) is 0. The molecule has 1 fully saturated rings. The quantitative estimate of drug-likeness (QED) is 0.182. The van der Waals surface area contributed by atoms with Crippen LogP contribution in [0.4, 0.5) is 0 Å². The lowest BCUT2D eigenvalue weighted by molar-refractivity contribution is 0.196. The molecule has 300 valence electrons. The van der Waals surface area contributed by atoms with E-state index >= 15 is 0 Å². The van der Waals surface area contributed by atoms with Gasteiger partial charge in [-0.3, -0.25) is 5.32 Å². The lowest BCUT2D eigenvalue weighted by Gasteiger charge is -2.44. The third-order valence-corrected chi connectivity index (χ3v) is 14.5. The zero-order chi connectivity index (χ0) is 40.7. The lowest BCUT2D eigenvalue weighted by Crippen LogP contribution is -2.48. The lowest BCUT2D eigenvalue weighted by atomic mass is 9.75. The highest BCUT2D eigenvalue weighted by Gasteiger charge is 2.52. The second kappa shape index (κ2) is 14.3. The van der Waals surface area contributed by atoms with E-state index in [1.165, 1.54) is 71.8 Å². The van der Waals surface area contributed by atoms with Gasteiger partial charge in [-0.05, 0) is 64.6 Å². The first-order chi connectivity index (χ1) is 30.8. The Kier molecular flexibility index (Phi) is 8.26. The molecule has 7 atom stereocenters. The van der Waals surface area contributed by atoms with Gasteiger partial charge in [0.25, 0.3) is 0 Å². The molecule has 62 heavy (non-hydrogen) atoms. The average molecular weight is 802 g/mol. The Labute approximate surface area is 362 Å². The van der Waals surface area contributed by atoms with Crippen molar-refractivity contribution in [3.05, 3.63) is 227 Å². The number of rotatable bonds is 5. The molecule has 0 spiro atoms. The van der Waals surface area contributed by atoms with Gasteiger partial charge in [-0.1, -0.05) is 182 Å². The van der Waals surface area contributed by atoms with Crippen molar-refractivity contribution in [3.8, 4) is 0 Å². The first kappa shape index (κ1) is 35.8. The standard InChI is InChI=1S/C57H47N5/c1-3-17-37(18-4-1)55-58-56(38-19-5-2-6-20-38)60-57(59-55)46-32-33-49(43-25-12-11-24-42(43)46)61-50-28-15-29-51(53(50)47-34-39-21-7-8-22-40(39)35-52(47)61)62-48-27-14-13-26-44(48)45-31-30-36-16-9-10-23-41(36)54(45)62/h1-14,16-27,29-33,35,43,47,49-50,53,55-56,58H,15,28,34H2,(H,59,60). The van der Waals surface area contributed by atoms with Gasteiger partial charge in [-0.2, -0.15) is 0 Å². The average Bonchev–Trinajstić information content (AvgIpc) is 3.86. The monoisotopic (exact) mass is 801 g/mol. The first-order valence-corrected chi connectivity index (χ1v) is 22.4. The van der Waals surface area contributed by atoms with E-state index in [0.717, 1.165) is 30.7 Å². The van der Waals surface area contributed by atoms with Gasteiger partial charge in [0.15, 0.2) is 0 Å². The van der Waals surface area contributed by atoms with E-state index in [-0.39, 0.29) is 24.3 Å². The first-order valence-electron chi connectivity index (χ1n) is 22.4. The van der Waals surface area contributed by atoms with Crippen LogP contribution >= 0.6 is 0 Å². The molecule has 3 heterocycles. The van der Waals surface area contributed by atoms with Gasteiger partial charge in [-0.25, -0.2) is 4.99 Å². The van der Waals surface area contributed by atoms with E-state index in [1.54, 1.807) is 0 Å². The Hall–Kier alpha value is -6.95. The predicted molar refractivity (Wildman–Crippen MR) is 255 cm³/mol. The third-order valence-electron chi connectivity index (χ3n) is 14.5. The van der Waals surface area contributed by atoms with Gasteiger partial charge >= 0.3 is 0 Å². The smallest absolute Gasteiger partial charge is 0.132 e. The fraction of sp³-hybridized carbons (Fsp3) is 0.175. The number of nitrogens with zero attached hydrogens (tertiary/aromatic N) is 3. The van der Waals surface area contributed by atoms with Crippen LogP contribution in [0.1, 0.15) is 47.4 Å². The van der Waals surface area contributed by atoms with E-state index in [0.29, 0.717) is 17.9 Å². The van der Waals surface area contributed by atoms with Crippen molar-refractivity contribution < 1.29 is 0 Å². The third kappa shape index (κ3) is 5.54. The maximum absolute atomic E-state index is 5.42. The maximum atomic E-state index is 5.42. The molecule has 0 saturated carbocycles. The number of aromatic nitrogens is 1. The summed E-state index contributed by atoms with van der Waals surface area (Å²) in [5, 5.41) is 12.9. The normalized spacial score (nSPS) is 26.1. The highest BCUT2D eigenvalue weighted by molar-refractivity contribution is 6.19. The van der Waals surface area contributed by atoms with E-state index in [9.17, 15) is 0 Å². The minimum absolute atomic E-state index is 0.0901. The number of aliphatic imine (C=N–C) groups is 1. The number of nitrogens with one attached hydrogen (secondary N) is 2. The number of fused-ring (bicyclic) bond motifs is 10. The Morgan fingerprint density at radius 1 is 0.645 bits per heavy atom. The van der Waals surface area contributed by atoms with Gasteiger partial charge in [-0.15, -0.1) is 0 Å². The summed E-state index contributed by atoms with van der Waals surface area (Å²) < 4.78 is 2.68. The molecule has 7 unspecified atom stereocenters. The van der Waals surface area contributed by atoms with E-state index < -0.39 is 0 Å². The Morgan fingerprint density at radius 2 is 1.42 bits per heavy atom. The molecular formula is C57H47N5. The zero-order valence-electron chi connectivity index (χ0n) is 34.5.